The second kappa shape index (κ2) is 21.9. The molecular weight excluding hydrogens is 813 g/mol. The highest BCUT2D eigenvalue weighted by Crippen LogP contribution is 2.44. The maximum absolute atomic E-state index is 17.7. The van der Waals surface area contributed by atoms with Crippen LogP contribution in [-0.2, 0) is 19.0 Å². The van der Waals surface area contributed by atoms with Gasteiger partial charge in [0.2, 0.25) is 0 Å². The van der Waals surface area contributed by atoms with Gasteiger partial charge in [-0.3, -0.25) is 9.69 Å². The molecule has 0 bridgehead atoms. The van der Waals surface area contributed by atoms with Crippen molar-refractivity contribution in [2.75, 3.05) is 39.1 Å². The standard InChI is InChI=1S/C49H77ClFN3O8/c1-14-35-39(53(12)22-23-60-47(58)36-18-16-17-19-38(36)52-43-30(5)21-20-29(4)42(43)50)24-31(6)61-40(35)25-37-32(7)44(55)33(8)46(57)62-41(15-2)49(11,59)45(56)34(9)54(13)27-28(3)26-48(37,10)51/h16-21,28,31-35,37,39-41,44-45,52,55-56,59H,14-15,22-27H2,1-13H3/t28-,31-,32-,33-,34-,35+,37-,39-,40+,41-,44+,45-,48-,49-/m1/s1. The Bertz CT molecular complexity index is 1800. The van der Waals surface area contributed by atoms with Crippen molar-refractivity contribution in [2.24, 2.45) is 29.6 Å². The number of aliphatic hydroxyl groups is 3. The van der Waals surface area contributed by atoms with Gasteiger partial charge in [-0.25, -0.2) is 9.18 Å². The Hall–Kier alpha value is -2.84. The summed E-state index contributed by atoms with van der Waals surface area (Å²) in [5, 5.41) is 38.8. The molecule has 4 N–H and O–H groups in total. The van der Waals surface area contributed by atoms with E-state index in [1.54, 1.807) is 46.8 Å². The lowest BCUT2D eigenvalue weighted by molar-refractivity contribution is -0.192. The Balaban J connectivity index is 1.54. The van der Waals surface area contributed by atoms with E-state index in [2.05, 4.69) is 17.1 Å². The summed E-state index contributed by atoms with van der Waals surface area (Å²) in [6, 6.07) is 10.7. The molecule has 2 heterocycles. The number of nitrogens with one attached hydrogen (secondary N) is 1. The molecule has 13 heteroatoms. The van der Waals surface area contributed by atoms with E-state index in [0.29, 0.717) is 35.8 Å². The number of hydrogen-bond acceptors (Lipinski definition) is 11. The molecule has 0 aliphatic carbocycles. The van der Waals surface area contributed by atoms with Crippen molar-refractivity contribution in [3.8, 4) is 0 Å². The minimum Gasteiger partial charge on any atom is -0.461 e. The second-order valence-electron chi connectivity index (χ2n) is 19.3. The predicted octanol–water partition coefficient (Wildman–Crippen LogP) is 8.52. The molecule has 0 aromatic heterocycles. The number of aryl methyl sites for hydroxylation is 2. The maximum Gasteiger partial charge on any atom is 0.340 e. The van der Waals surface area contributed by atoms with E-state index in [1.165, 1.54) is 6.92 Å². The summed E-state index contributed by atoms with van der Waals surface area (Å²) >= 11 is 6.64. The monoisotopic (exact) mass is 890 g/mol. The number of likely N-dealkylation sites (N-methyl/N-ethyl adjacent to an activating group) is 2. The maximum atomic E-state index is 17.7. The molecule has 2 aliphatic rings. The van der Waals surface area contributed by atoms with Gasteiger partial charge >= 0.3 is 11.9 Å². The molecule has 2 saturated heterocycles. The fourth-order valence-electron chi connectivity index (χ4n) is 10.3. The van der Waals surface area contributed by atoms with E-state index >= 15 is 4.39 Å². The fraction of sp³-hybridized carbons (Fsp3) is 0.714. The smallest absolute Gasteiger partial charge is 0.340 e. The Morgan fingerprint density at radius 1 is 1.05 bits per heavy atom. The number of hydrogen-bond donors (Lipinski definition) is 4. The average molecular weight is 891 g/mol. The van der Waals surface area contributed by atoms with Crippen LogP contribution in [-0.4, -0.2) is 125 Å². The van der Waals surface area contributed by atoms with Crippen molar-refractivity contribution >= 4 is 34.9 Å². The third kappa shape index (κ3) is 12.1. The number of ether oxygens (including phenoxy) is 3. The largest absolute Gasteiger partial charge is 0.461 e. The highest BCUT2D eigenvalue weighted by Gasteiger charge is 2.50. The summed E-state index contributed by atoms with van der Waals surface area (Å²) in [7, 11) is 3.86. The van der Waals surface area contributed by atoms with Gasteiger partial charge in [0.15, 0.2) is 0 Å². The van der Waals surface area contributed by atoms with Crippen LogP contribution in [0.1, 0.15) is 116 Å². The van der Waals surface area contributed by atoms with Gasteiger partial charge in [-0.15, -0.1) is 0 Å². The van der Waals surface area contributed by atoms with Gasteiger partial charge in [0, 0.05) is 37.0 Å². The molecule has 0 amide bonds. The first-order chi connectivity index (χ1) is 29.0. The van der Waals surface area contributed by atoms with E-state index < -0.39 is 65.3 Å². The Labute approximate surface area is 376 Å². The van der Waals surface area contributed by atoms with Gasteiger partial charge in [0.25, 0.3) is 0 Å². The molecule has 62 heavy (non-hydrogen) atoms. The molecule has 0 unspecified atom stereocenters. The van der Waals surface area contributed by atoms with Crippen LogP contribution in [0.15, 0.2) is 36.4 Å². The molecule has 2 aromatic carbocycles. The zero-order valence-corrected chi connectivity index (χ0v) is 40.3. The van der Waals surface area contributed by atoms with Crippen molar-refractivity contribution in [2.45, 2.75) is 162 Å². The zero-order chi connectivity index (χ0) is 46.4. The average Bonchev–Trinajstić information content (AvgIpc) is 3.22. The van der Waals surface area contributed by atoms with Gasteiger partial charge in [-0.05, 0) is 130 Å². The first-order valence-corrected chi connectivity index (χ1v) is 23.2. The van der Waals surface area contributed by atoms with Crippen LogP contribution >= 0.6 is 11.6 Å². The summed E-state index contributed by atoms with van der Waals surface area (Å²) in [6.07, 6.45) is -1.86. The molecule has 4 rings (SSSR count). The van der Waals surface area contributed by atoms with Gasteiger partial charge in [0.1, 0.15) is 30.1 Å². The third-order valence-electron chi connectivity index (χ3n) is 14.3. The number of rotatable bonds is 11. The summed E-state index contributed by atoms with van der Waals surface area (Å²) in [6.45, 7) is 21.1. The molecule has 0 radical (unpaired) electrons. The molecule has 2 aromatic rings. The Morgan fingerprint density at radius 3 is 2.34 bits per heavy atom. The summed E-state index contributed by atoms with van der Waals surface area (Å²) in [4.78, 5) is 31.3. The number of anilines is 2. The Morgan fingerprint density at radius 2 is 1.69 bits per heavy atom. The van der Waals surface area contributed by atoms with E-state index in [4.69, 9.17) is 25.8 Å². The van der Waals surface area contributed by atoms with E-state index in [9.17, 15) is 24.9 Å². The van der Waals surface area contributed by atoms with Crippen LogP contribution < -0.4 is 5.32 Å². The van der Waals surface area contributed by atoms with Gasteiger partial charge in [-0.2, -0.15) is 0 Å². The number of halogens is 2. The van der Waals surface area contributed by atoms with Crippen molar-refractivity contribution < 1.29 is 43.5 Å². The highest BCUT2D eigenvalue weighted by atomic mass is 35.5. The lowest BCUT2D eigenvalue weighted by Crippen LogP contribution is -2.59. The van der Waals surface area contributed by atoms with Crippen LogP contribution in [0, 0.1) is 43.4 Å². The van der Waals surface area contributed by atoms with Gasteiger partial charge in [0.05, 0.1) is 46.2 Å². The molecule has 11 nitrogen and oxygen atoms in total. The van der Waals surface area contributed by atoms with Crippen molar-refractivity contribution in [1.82, 2.24) is 9.80 Å². The van der Waals surface area contributed by atoms with Crippen molar-refractivity contribution in [3.63, 3.8) is 0 Å². The summed E-state index contributed by atoms with van der Waals surface area (Å²) in [5.74, 6) is -3.74. The quantitative estimate of drug-likeness (QED) is 0.162. The normalized spacial score (nSPS) is 35.8. The molecule has 14 atom stereocenters. The lowest BCUT2D eigenvalue weighted by atomic mass is 9.68. The van der Waals surface area contributed by atoms with Crippen molar-refractivity contribution in [1.29, 1.82) is 0 Å². The fourth-order valence-corrected chi connectivity index (χ4v) is 10.5. The SMILES string of the molecule is CC[C@@H]1[C@H](C[C@@H]2[C@@H](C)[C@H](O)[C@@H](C)C(=O)O[C@H](CC)[C@@](C)(O)[C@H](O)[C@@H](C)N(C)C[C@H](C)C[C@@]2(C)F)O[C@H](C)C[C@H]1N(C)CCOC(=O)c1ccccc1Nc1c(C)ccc(C)c1Cl. The van der Waals surface area contributed by atoms with E-state index in [1.807, 2.05) is 71.0 Å². The molecule has 2 fully saturated rings. The first kappa shape index (κ1) is 51.8. The molecule has 350 valence electrons. The van der Waals surface area contributed by atoms with Gasteiger partial charge in [-0.1, -0.05) is 63.6 Å². The highest BCUT2D eigenvalue weighted by molar-refractivity contribution is 6.34. The van der Waals surface area contributed by atoms with Crippen LogP contribution in [0.5, 0.6) is 0 Å². The number of nitrogens with zero attached hydrogens (tertiary/aromatic N) is 2. The van der Waals surface area contributed by atoms with Crippen LogP contribution in [0.2, 0.25) is 5.02 Å². The lowest BCUT2D eigenvalue weighted by Gasteiger charge is -2.48. The zero-order valence-electron chi connectivity index (χ0n) is 39.6. The third-order valence-corrected chi connectivity index (χ3v) is 14.8. The first-order valence-electron chi connectivity index (χ1n) is 22.8. The van der Waals surface area contributed by atoms with E-state index in [-0.39, 0.29) is 49.5 Å². The number of carbonyl (C=O) groups excluding carboxylic acids is 2. The molecule has 0 saturated carbocycles. The van der Waals surface area contributed by atoms with Gasteiger partial charge < -0.3 is 39.7 Å². The number of aliphatic hydroxyl groups excluding tert-OH is 2. The van der Waals surface area contributed by atoms with Crippen LogP contribution in [0.4, 0.5) is 15.8 Å². The number of carbonyl (C=O) groups is 2. The topological polar surface area (TPSA) is 141 Å². The number of para-hydroxylation sites is 1. The number of alkyl halides is 1. The van der Waals surface area contributed by atoms with Crippen molar-refractivity contribution in [3.05, 3.63) is 58.1 Å². The number of esters is 2. The molecule has 2 aliphatic heterocycles. The number of benzene rings is 2. The number of cyclic esters (lactones) is 1. The minimum atomic E-state index is -1.78. The minimum absolute atomic E-state index is 0.00303. The molecule has 0 spiro atoms. The van der Waals surface area contributed by atoms with Crippen LogP contribution in [0.25, 0.3) is 0 Å². The second-order valence-corrected chi connectivity index (χ2v) is 19.7. The van der Waals surface area contributed by atoms with E-state index in [0.717, 1.165) is 29.7 Å². The van der Waals surface area contributed by atoms with Crippen LogP contribution in [0.3, 0.4) is 0 Å². The molecular formula is C49H77ClFN3O8. The predicted molar refractivity (Wildman–Crippen MR) is 245 cm³/mol. The Kier molecular flexibility index (Phi) is 18.3. The summed E-state index contributed by atoms with van der Waals surface area (Å²) in [5.41, 5.74) is 0.0578. The summed E-state index contributed by atoms with van der Waals surface area (Å²) < 4.78 is 36.1.